The molecule has 12 nitrogen and oxygen atoms in total. The van der Waals surface area contributed by atoms with Gasteiger partial charge in [-0.15, -0.1) is 0 Å². The Labute approximate surface area is 175 Å². The second-order valence-electron chi connectivity index (χ2n) is 8.43. The predicted molar refractivity (Wildman–Crippen MR) is 113 cm³/mol. The van der Waals surface area contributed by atoms with Crippen molar-refractivity contribution in [3.05, 3.63) is 31.5 Å². The summed E-state index contributed by atoms with van der Waals surface area (Å²) in [6, 6.07) is 0. The van der Waals surface area contributed by atoms with Gasteiger partial charge in [-0.1, -0.05) is 0 Å². The van der Waals surface area contributed by atoms with Gasteiger partial charge in [0.15, 0.2) is 0 Å². The van der Waals surface area contributed by atoms with E-state index in [-0.39, 0.29) is 39.3 Å². The van der Waals surface area contributed by atoms with Crippen LogP contribution < -0.4 is 17.1 Å². The van der Waals surface area contributed by atoms with Crippen LogP contribution in [0.4, 0.5) is 0 Å². The molecule has 3 atom stereocenters. The molecule has 0 fully saturated rings. The monoisotopic (exact) mass is 432 g/mol. The van der Waals surface area contributed by atoms with E-state index in [1.165, 1.54) is 0 Å². The van der Waals surface area contributed by atoms with E-state index in [9.17, 15) is 29.7 Å². The molecule has 0 aromatic carbocycles. The zero-order valence-electron chi connectivity index (χ0n) is 18.7. The molecule has 1 aromatic heterocycles. The van der Waals surface area contributed by atoms with Gasteiger partial charge in [0, 0.05) is 19.6 Å². The maximum Gasteiger partial charge on any atom is 0.336 e. The smallest absolute Gasteiger partial charge is 0.336 e. The molecule has 0 spiro atoms. The van der Waals surface area contributed by atoms with Crippen LogP contribution in [-0.4, -0.2) is 124 Å². The number of aliphatic hydroxyl groups is 3. The normalized spacial score (nSPS) is 15.2. The van der Waals surface area contributed by atoms with Gasteiger partial charge in [0.05, 0.1) is 37.9 Å². The number of likely N-dealkylation sites (N-methyl/N-ethyl adjacent to an activating group) is 3. The van der Waals surface area contributed by atoms with E-state index in [0.717, 1.165) is 13.7 Å². The summed E-state index contributed by atoms with van der Waals surface area (Å²) in [6.07, 6.45) is -3.07. The standard InChI is InChI=1S/C18H36N6O6/c1-19(2)7-13(25)10-22-16(28)23(11-14(26)8-20(3)4)18(30)24(17(22)29)12-15(27)9-21(5)6/h13-15,25-27H,7-12H2,1-6H3/t13-,14-,15+/m0/s1. The molecular formula is C18H36N6O6. The second kappa shape index (κ2) is 11.5. The van der Waals surface area contributed by atoms with Crippen LogP contribution in [0.3, 0.4) is 0 Å². The van der Waals surface area contributed by atoms with Crippen LogP contribution in [0.25, 0.3) is 0 Å². The van der Waals surface area contributed by atoms with E-state index in [1.807, 2.05) is 0 Å². The van der Waals surface area contributed by atoms with Crippen LogP contribution in [0, 0.1) is 0 Å². The van der Waals surface area contributed by atoms with Crippen molar-refractivity contribution in [2.45, 2.75) is 37.9 Å². The third-order valence-electron chi connectivity index (χ3n) is 4.29. The van der Waals surface area contributed by atoms with Gasteiger partial charge in [-0.05, 0) is 42.3 Å². The van der Waals surface area contributed by atoms with Crippen LogP contribution >= 0.6 is 0 Å². The quantitative estimate of drug-likeness (QED) is 0.301. The fourth-order valence-corrected chi connectivity index (χ4v) is 3.22. The van der Waals surface area contributed by atoms with Crippen LogP contribution in [0.15, 0.2) is 14.4 Å². The number of hydrogen-bond acceptors (Lipinski definition) is 9. The minimum atomic E-state index is -1.02. The van der Waals surface area contributed by atoms with E-state index in [2.05, 4.69) is 0 Å². The van der Waals surface area contributed by atoms with Crippen molar-refractivity contribution in [2.24, 2.45) is 0 Å². The fraction of sp³-hybridized carbons (Fsp3) is 0.833. The minimum Gasteiger partial charge on any atom is -0.390 e. The lowest BCUT2D eigenvalue weighted by Gasteiger charge is -2.22. The highest BCUT2D eigenvalue weighted by Crippen LogP contribution is 1.93. The Hall–Kier alpha value is -1.83. The number of nitrogens with zero attached hydrogens (tertiary/aromatic N) is 6. The van der Waals surface area contributed by atoms with Gasteiger partial charge < -0.3 is 30.0 Å². The number of aromatic nitrogens is 3. The Bertz CT molecular complexity index is 703. The van der Waals surface area contributed by atoms with Gasteiger partial charge in [-0.25, -0.2) is 28.1 Å². The van der Waals surface area contributed by atoms with Crippen LogP contribution in [0.2, 0.25) is 0 Å². The maximum absolute atomic E-state index is 12.9. The molecule has 174 valence electrons. The molecular weight excluding hydrogens is 396 g/mol. The second-order valence-corrected chi connectivity index (χ2v) is 8.43. The SMILES string of the molecule is CN(C)C[C@@H](O)Cn1c(=O)n(C[C@@H](O)CN(C)C)c(=O)n(C[C@@H](O)CN(C)C)c1=O. The van der Waals surface area contributed by atoms with Gasteiger partial charge in [0.1, 0.15) is 0 Å². The maximum atomic E-state index is 12.9. The third kappa shape index (κ3) is 7.78. The van der Waals surface area contributed by atoms with Crippen molar-refractivity contribution in [2.75, 3.05) is 61.9 Å². The number of aliphatic hydroxyl groups excluding tert-OH is 3. The van der Waals surface area contributed by atoms with Crippen LogP contribution in [0.1, 0.15) is 0 Å². The fourth-order valence-electron chi connectivity index (χ4n) is 3.22. The average Bonchev–Trinajstić information content (AvgIpc) is 2.57. The zero-order chi connectivity index (χ0) is 23.2. The Morgan fingerprint density at radius 2 is 0.767 bits per heavy atom. The summed E-state index contributed by atoms with van der Waals surface area (Å²) in [5.41, 5.74) is -2.71. The molecule has 0 amide bonds. The van der Waals surface area contributed by atoms with Crippen molar-refractivity contribution < 1.29 is 15.3 Å². The predicted octanol–water partition coefficient (Wildman–Crippen LogP) is -4.06. The van der Waals surface area contributed by atoms with Crippen molar-refractivity contribution >= 4 is 0 Å². The molecule has 0 bridgehead atoms. The first-order valence-electron chi connectivity index (χ1n) is 9.76. The van der Waals surface area contributed by atoms with Crippen LogP contribution in [-0.2, 0) is 19.6 Å². The van der Waals surface area contributed by atoms with E-state index in [1.54, 1.807) is 57.0 Å². The molecule has 0 unspecified atom stereocenters. The van der Waals surface area contributed by atoms with Gasteiger partial charge in [-0.3, -0.25) is 0 Å². The minimum absolute atomic E-state index is 0.206. The summed E-state index contributed by atoms with van der Waals surface area (Å²) in [7, 11) is 10.4. The van der Waals surface area contributed by atoms with E-state index >= 15 is 0 Å². The Morgan fingerprint density at radius 1 is 0.567 bits per heavy atom. The molecule has 0 aliphatic rings. The van der Waals surface area contributed by atoms with Gasteiger partial charge >= 0.3 is 17.1 Å². The van der Waals surface area contributed by atoms with Gasteiger partial charge in [0.2, 0.25) is 0 Å². The Kier molecular flexibility index (Phi) is 10.1. The topological polar surface area (TPSA) is 136 Å². The average molecular weight is 433 g/mol. The summed E-state index contributed by atoms with van der Waals surface area (Å²) in [6.45, 7) is -0.330. The number of rotatable bonds is 12. The van der Waals surface area contributed by atoms with Gasteiger partial charge in [0.25, 0.3) is 0 Å². The van der Waals surface area contributed by atoms with Crippen LogP contribution in [0.5, 0.6) is 0 Å². The first kappa shape index (κ1) is 26.2. The van der Waals surface area contributed by atoms with Gasteiger partial charge in [-0.2, -0.15) is 0 Å². The molecule has 0 aliphatic heterocycles. The highest BCUT2D eigenvalue weighted by atomic mass is 16.3. The molecule has 0 saturated carbocycles. The first-order chi connectivity index (χ1) is 13.8. The molecule has 30 heavy (non-hydrogen) atoms. The van der Waals surface area contributed by atoms with Crippen molar-refractivity contribution in [3.63, 3.8) is 0 Å². The Balaban J connectivity index is 3.46. The largest absolute Gasteiger partial charge is 0.390 e. The lowest BCUT2D eigenvalue weighted by atomic mass is 10.3. The molecule has 1 aromatic rings. The summed E-state index contributed by atoms with van der Waals surface area (Å²) in [5, 5.41) is 30.7. The van der Waals surface area contributed by atoms with Crippen molar-refractivity contribution in [1.82, 2.24) is 28.4 Å². The first-order valence-corrected chi connectivity index (χ1v) is 9.76. The molecule has 1 rings (SSSR count). The molecule has 0 radical (unpaired) electrons. The molecule has 1 heterocycles. The van der Waals surface area contributed by atoms with Crippen molar-refractivity contribution in [1.29, 1.82) is 0 Å². The summed E-state index contributed by atoms with van der Waals surface area (Å²) >= 11 is 0. The third-order valence-corrected chi connectivity index (χ3v) is 4.29. The summed E-state index contributed by atoms with van der Waals surface area (Å²) < 4.78 is 2.33. The van der Waals surface area contributed by atoms with Crippen molar-refractivity contribution in [3.8, 4) is 0 Å². The van der Waals surface area contributed by atoms with E-state index in [4.69, 9.17) is 0 Å². The molecule has 0 saturated heterocycles. The number of hydrogen-bond donors (Lipinski definition) is 3. The van der Waals surface area contributed by atoms with E-state index in [0.29, 0.717) is 0 Å². The van der Waals surface area contributed by atoms with E-state index < -0.39 is 35.4 Å². The molecule has 12 heteroatoms. The summed E-state index contributed by atoms with van der Waals surface area (Å²) in [5.74, 6) is 0. The molecule has 0 aliphatic carbocycles. The lowest BCUT2D eigenvalue weighted by molar-refractivity contribution is 0.0989. The summed E-state index contributed by atoms with van der Waals surface area (Å²) in [4.78, 5) is 43.7. The highest BCUT2D eigenvalue weighted by Gasteiger charge is 2.21. The molecule has 3 N–H and O–H groups in total. The Morgan fingerprint density at radius 3 is 0.933 bits per heavy atom. The highest BCUT2D eigenvalue weighted by molar-refractivity contribution is 4.83. The lowest BCUT2D eigenvalue weighted by Crippen LogP contribution is -2.58. The zero-order valence-corrected chi connectivity index (χ0v) is 18.7.